The van der Waals surface area contributed by atoms with Gasteiger partial charge in [-0.3, -0.25) is 9.88 Å². The molecule has 0 radical (unpaired) electrons. The van der Waals surface area contributed by atoms with E-state index in [0.717, 1.165) is 0 Å². The van der Waals surface area contributed by atoms with E-state index >= 15 is 0 Å². The highest BCUT2D eigenvalue weighted by Gasteiger charge is 2.26. The third-order valence-electron chi connectivity index (χ3n) is 4.00. The average molecular weight is 329 g/mol. The van der Waals surface area contributed by atoms with Crippen molar-refractivity contribution in [3.63, 3.8) is 0 Å². The van der Waals surface area contributed by atoms with Gasteiger partial charge in [-0.25, -0.2) is 19.3 Å². The van der Waals surface area contributed by atoms with Crippen LogP contribution in [0.15, 0.2) is 24.7 Å². The number of hydrogen-bond donors (Lipinski definition) is 2. The monoisotopic (exact) mass is 329 g/mol. The number of nitrogen functional groups attached to an aromatic ring is 1. The number of nitrogens with one attached hydrogen (secondary N) is 1. The van der Waals surface area contributed by atoms with Gasteiger partial charge in [0, 0.05) is 25.8 Å². The van der Waals surface area contributed by atoms with E-state index in [0.29, 0.717) is 54.7 Å². The van der Waals surface area contributed by atoms with Crippen LogP contribution in [-0.2, 0) is 11.3 Å². The molecular weight excluding hydrogens is 313 g/mol. The number of morpholine rings is 1. The Kier molecular flexibility index (Phi) is 3.79. The fourth-order valence-corrected chi connectivity index (χ4v) is 2.77. The van der Waals surface area contributed by atoms with E-state index in [2.05, 4.69) is 29.8 Å². The Morgan fingerprint density at radius 2 is 2.29 bits per heavy atom. The SMILES string of the molecule is Nc1ncnc2nc(C3CN(Cc4ncccc4F)CCO3)[nH]c12. The molecule has 4 rings (SSSR count). The van der Waals surface area contributed by atoms with Crippen LogP contribution in [0.4, 0.5) is 10.2 Å². The van der Waals surface area contributed by atoms with Crippen molar-refractivity contribution in [2.75, 3.05) is 25.4 Å². The van der Waals surface area contributed by atoms with Gasteiger partial charge in [0.25, 0.3) is 0 Å². The van der Waals surface area contributed by atoms with Crippen molar-refractivity contribution in [2.24, 2.45) is 0 Å². The summed E-state index contributed by atoms with van der Waals surface area (Å²) in [5, 5.41) is 0. The molecule has 1 unspecified atom stereocenters. The molecule has 3 aromatic heterocycles. The zero-order valence-corrected chi connectivity index (χ0v) is 12.8. The summed E-state index contributed by atoms with van der Waals surface area (Å²) < 4.78 is 19.6. The van der Waals surface area contributed by atoms with Gasteiger partial charge in [-0.1, -0.05) is 0 Å². The van der Waals surface area contributed by atoms with Crippen molar-refractivity contribution in [3.05, 3.63) is 42.0 Å². The van der Waals surface area contributed by atoms with Gasteiger partial charge in [-0.15, -0.1) is 0 Å². The first-order valence-electron chi connectivity index (χ1n) is 7.60. The van der Waals surface area contributed by atoms with Crippen molar-refractivity contribution < 1.29 is 9.13 Å². The smallest absolute Gasteiger partial charge is 0.183 e. The van der Waals surface area contributed by atoms with E-state index in [1.54, 1.807) is 12.3 Å². The molecule has 0 amide bonds. The van der Waals surface area contributed by atoms with Gasteiger partial charge >= 0.3 is 0 Å². The number of anilines is 1. The van der Waals surface area contributed by atoms with E-state index in [-0.39, 0.29) is 11.9 Å². The molecule has 0 spiro atoms. The Hall–Kier alpha value is -2.65. The molecule has 9 heteroatoms. The molecule has 1 atom stereocenters. The first kappa shape index (κ1) is 14.9. The Labute approximate surface area is 136 Å². The van der Waals surface area contributed by atoms with Crippen LogP contribution in [0.25, 0.3) is 11.2 Å². The predicted octanol–water partition coefficient (Wildman–Crippen LogP) is 1.04. The second-order valence-electron chi connectivity index (χ2n) is 5.61. The molecule has 1 aliphatic rings. The number of hydrogen-bond acceptors (Lipinski definition) is 7. The van der Waals surface area contributed by atoms with Crippen LogP contribution in [0.3, 0.4) is 0 Å². The Balaban J connectivity index is 1.53. The number of aromatic nitrogens is 5. The van der Waals surface area contributed by atoms with E-state index in [9.17, 15) is 4.39 Å². The average Bonchev–Trinajstić information content (AvgIpc) is 3.03. The minimum Gasteiger partial charge on any atom is -0.382 e. The molecule has 4 heterocycles. The number of nitrogens with two attached hydrogens (primary N) is 1. The van der Waals surface area contributed by atoms with Gasteiger partial charge in [-0.05, 0) is 12.1 Å². The van der Waals surface area contributed by atoms with Crippen LogP contribution in [0, 0.1) is 5.82 Å². The molecule has 1 fully saturated rings. The molecule has 3 aromatic rings. The normalized spacial score (nSPS) is 19.0. The Bertz CT molecular complexity index is 868. The first-order valence-corrected chi connectivity index (χ1v) is 7.60. The fraction of sp³-hybridized carbons (Fsp3) is 0.333. The standard InChI is InChI=1S/C15H16FN7O/c16-9-2-1-3-18-10(9)6-23-4-5-24-11(7-23)14-21-12-13(17)19-8-20-15(12)22-14/h1-3,8,11H,4-7H2,(H3,17,19,20,21,22). The Morgan fingerprint density at radius 3 is 3.12 bits per heavy atom. The third kappa shape index (κ3) is 2.79. The van der Waals surface area contributed by atoms with E-state index < -0.39 is 0 Å². The lowest BCUT2D eigenvalue weighted by Crippen LogP contribution is -2.38. The molecule has 0 aromatic carbocycles. The van der Waals surface area contributed by atoms with Gasteiger partial charge in [0.1, 0.15) is 29.6 Å². The number of aromatic amines is 1. The zero-order valence-electron chi connectivity index (χ0n) is 12.8. The van der Waals surface area contributed by atoms with Crippen LogP contribution in [0.1, 0.15) is 17.6 Å². The van der Waals surface area contributed by atoms with Crippen molar-refractivity contribution in [3.8, 4) is 0 Å². The quantitative estimate of drug-likeness (QED) is 0.739. The van der Waals surface area contributed by atoms with Crippen molar-refractivity contribution in [2.45, 2.75) is 12.6 Å². The summed E-state index contributed by atoms with van der Waals surface area (Å²) in [4.78, 5) is 21.8. The van der Waals surface area contributed by atoms with Gasteiger partial charge < -0.3 is 15.5 Å². The molecule has 0 bridgehead atoms. The van der Waals surface area contributed by atoms with E-state index in [4.69, 9.17) is 10.5 Å². The number of fused-ring (bicyclic) bond motifs is 1. The van der Waals surface area contributed by atoms with Crippen LogP contribution in [0.2, 0.25) is 0 Å². The summed E-state index contributed by atoms with van der Waals surface area (Å²) in [6, 6.07) is 3.00. The number of ether oxygens (including phenoxy) is 1. The fourth-order valence-electron chi connectivity index (χ4n) is 2.77. The molecule has 1 saturated heterocycles. The van der Waals surface area contributed by atoms with Crippen LogP contribution < -0.4 is 5.73 Å². The summed E-state index contributed by atoms with van der Waals surface area (Å²) in [6.45, 7) is 2.23. The predicted molar refractivity (Wildman–Crippen MR) is 84.3 cm³/mol. The Morgan fingerprint density at radius 1 is 1.38 bits per heavy atom. The molecule has 0 aliphatic carbocycles. The molecular formula is C15H16FN7O. The van der Waals surface area contributed by atoms with Gasteiger partial charge in [0.05, 0.1) is 12.3 Å². The van der Waals surface area contributed by atoms with Crippen LogP contribution in [0.5, 0.6) is 0 Å². The lowest BCUT2D eigenvalue weighted by Gasteiger charge is -2.31. The maximum atomic E-state index is 13.8. The number of rotatable bonds is 3. The second kappa shape index (κ2) is 6.10. The summed E-state index contributed by atoms with van der Waals surface area (Å²) in [6.07, 6.45) is 2.70. The summed E-state index contributed by atoms with van der Waals surface area (Å²) in [7, 11) is 0. The summed E-state index contributed by atoms with van der Waals surface area (Å²) >= 11 is 0. The summed E-state index contributed by atoms with van der Waals surface area (Å²) in [5.41, 5.74) is 7.36. The van der Waals surface area contributed by atoms with Crippen LogP contribution >= 0.6 is 0 Å². The highest BCUT2D eigenvalue weighted by molar-refractivity contribution is 5.81. The van der Waals surface area contributed by atoms with Crippen LogP contribution in [-0.4, -0.2) is 49.5 Å². The number of halogens is 1. The number of H-pyrrole nitrogens is 1. The number of nitrogens with zero attached hydrogens (tertiary/aromatic N) is 5. The van der Waals surface area contributed by atoms with Gasteiger partial charge in [-0.2, -0.15) is 0 Å². The minimum absolute atomic E-state index is 0.265. The molecule has 124 valence electrons. The molecule has 1 aliphatic heterocycles. The third-order valence-corrected chi connectivity index (χ3v) is 4.00. The number of pyridine rings is 1. The first-order chi connectivity index (χ1) is 11.7. The summed E-state index contributed by atoms with van der Waals surface area (Å²) in [5.74, 6) is 0.692. The van der Waals surface area contributed by atoms with Crippen molar-refractivity contribution in [1.29, 1.82) is 0 Å². The second-order valence-corrected chi connectivity index (χ2v) is 5.61. The molecule has 0 saturated carbocycles. The van der Waals surface area contributed by atoms with Crippen molar-refractivity contribution >= 4 is 17.0 Å². The van der Waals surface area contributed by atoms with Gasteiger partial charge in [0.2, 0.25) is 0 Å². The highest BCUT2D eigenvalue weighted by atomic mass is 19.1. The van der Waals surface area contributed by atoms with E-state index in [1.165, 1.54) is 12.4 Å². The minimum atomic E-state index is -0.299. The molecule has 3 N–H and O–H groups in total. The zero-order chi connectivity index (χ0) is 16.5. The topological polar surface area (TPSA) is 106 Å². The van der Waals surface area contributed by atoms with E-state index in [1.807, 2.05) is 0 Å². The largest absolute Gasteiger partial charge is 0.382 e. The molecule has 8 nitrogen and oxygen atoms in total. The lowest BCUT2D eigenvalue weighted by molar-refractivity contribution is -0.0373. The maximum absolute atomic E-state index is 13.8. The number of imidazole rings is 1. The van der Waals surface area contributed by atoms with Crippen molar-refractivity contribution in [1.82, 2.24) is 29.8 Å². The van der Waals surface area contributed by atoms with Gasteiger partial charge in [0.15, 0.2) is 11.5 Å². The maximum Gasteiger partial charge on any atom is 0.183 e. The molecule has 24 heavy (non-hydrogen) atoms. The highest BCUT2D eigenvalue weighted by Crippen LogP contribution is 2.24. The lowest BCUT2D eigenvalue weighted by atomic mass is 10.2.